The summed E-state index contributed by atoms with van der Waals surface area (Å²) in [6.45, 7) is 6.94. The molecule has 0 bridgehead atoms. The lowest BCUT2D eigenvalue weighted by Crippen LogP contribution is -2.50. The molecule has 4 N–H and O–H groups in total. The van der Waals surface area contributed by atoms with E-state index in [-0.39, 0.29) is 30.8 Å². The van der Waals surface area contributed by atoms with E-state index in [4.69, 9.17) is 9.97 Å². The van der Waals surface area contributed by atoms with Gasteiger partial charge in [0.1, 0.15) is 18.3 Å². The maximum Gasteiger partial charge on any atom is 0.254 e. The monoisotopic (exact) mass is 1080 g/mol. The Bertz CT molecular complexity index is 3490. The van der Waals surface area contributed by atoms with Gasteiger partial charge in [-0.25, -0.2) is 15.0 Å². The van der Waals surface area contributed by atoms with Crippen molar-refractivity contribution in [2.75, 3.05) is 64.7 Å². The Labute approximate surface area is 462 Å². The molecule has 6 heterocycles. The summed E-state index contributed by atoms with van der Waals surface area (Å²) in [4.78, 5) is 93.0. The molecule has 3 aliphatic rings. The number of aromatic nitrogens is 4. The van der Waals surface area contributed by atoms with Crippen LogP contribution in [0.2, 0.25) is 0 Å². The van der Waals surface area contributed by atoms with E-state index in [1.54, 1.807) is 22.4 Å². The zero-order valence-electron chi connectivity index (χ0n) is 44.3. The van der Waals surface area contributed by atoms with Crippen molar-refractivity contribution in [1.29, 1.82) is 0 Å². The minimum absolute atomic E-state index is 0.0346. The number of hydrogen-bond donors (Lipinski definition) is 4. The fourth-order valence-corrected chi connectivity index (χ4v) is 11.0. The second-order valence-corrected chi connectivity index (χ2v) is 20.9. The molecule has 0 spiro atoms. The standard InChI is InChI=1S/C61H61N11O6S/c1-39(44-20-22-45(23-21-44)57-40(2)65-38-79-57)66-60(77)53-32-49(73)36-72(53)56(76)35-64-54(74)33-55(75)70-29-27-69(28-30-70)25-6-7-41-10-12-42(13-11-41)14-15-43-16-18-46(19-17-43)61(78)71-26-24-50-52(37-71)67-58(68-59(50)62-3)48-31-47-8-4-5-9-51(47)63-34-48/h4-5,8-23,31,34,38-39,49,53,73H,24-30,32-33,35-37H2,1-3H3,(H,64,74)(H,66,77)(H,62,67,68)/b15-14+/t39-,49+,53-/m0/s1. The van der Waals surface area contributed by atoms with Crippen molar-refractivity contribution in [1.82, 2.24) is 50.2 Å². The molecular weight excluding hydrogens is 1010 g/mol. The third-order valence-corrected chi connectivity index (χ3v) is 15.6. The maximum atomic E-state index is 13.8. The molecule has 10 rings (SSSR count). The fourth-order valence-electron chi connectivity index (χ4n) is 10.2. The molecule has 3 aromatic heterocycles. The first-order valence-corrected chi connectivity index (χ1v) is 27.4. The summed E-state index contributed by atoms with van der Waals surface area (Å²) < 4.78 is 0. The number of para-hydroxylation sites is 1. The molecule has 17 nitrogen and oxygen atoms in total. The number of aliphatic hydroxyl groups excluding tert-OH is 1. The number of likely N-dealkylation sites (tertiary alicyclic amines) is 1. The van der Waals surface area contributed by atoms with E-state index in [0.717, 1.165) is 71.9 Å². The van der Waals surface area contributed by atoms with E-state index >= 15 is 0 Å². The number of pyridine rings is 1. The van der Waals surface area contributed by atoms with Gasteiger partial charge in [0.05, 0.1) is 59.1 Å². The van der Waals surface area contributed by atoms with Crippen LogP contribution in [0.1, 0.15) is 75.4 Å². The van der Waals surface area contributed by atoms with Crippen LogP contribution in [0.5, 0.6) is 0 Å². The molecule has 5 amide bonds. The van der Waals surface area contributed by atoms with Gasteiger partial charge in [-0.2, -0.15) is 0 Å². The Kier molecular flexibility index (Phi) is 16.6. The van der Waals surface area contributed by atoms with Gasteiger partial charge >= 0.3 is 0 Å². The summed E-state index contributed by atoms with van der Waals surface area (Å²) >= 11 is 1.57. The van der Waals surface area contributed by atoms with E-state index < -0.39 is 42.8 Å². The molecule has 18 heteroatoms. The fraction of sp³-hybridized carbons (Fsp3) is 0.295. The van der Waals surface area contributed by atoms with Gasteiger partial charge in [0.2, 0.25) is 23.6 Å². The minimum Gasteiger partial charge on any atom is -0.391 e. The van der Waals surface area contributed by atoms with Gasteiger partial charge < -0.3 is 35.8 Å². The van der Waals surface area contributed by atoms with Crippen molar-refractivity contribution in [3.63, 3.8) is 0 Å². The Morgan fingerprint density at radius 3 is 2.29 bits per heavy atom. The number of hydrogen-bond acceptors (Lipinski definition) is 13. The Morgan fingerprint density at radius 1 is 0.835 bits per heavy atom. The highest BCUT2D eigenvalue weighted by Crippen LogP contribution is 2.31. The molecule has 3 atom stereocenters. The first kappa shape index (κ1) is 53.8. The molecule has 0 radical (unpaired) electrons. The summed E-state index contributed by atoms with van der Waals surface area (Å²) in [5.74, 6) is 5.94. The number of piperazine rings is 1. The van der Waals surface area contributed by atoms with E-state index in [1.165, 1.54) is 4.90 Å². The van der Waals surface area contributed by atoms with Gasteiger partial charge in [-0.05, 0) is 78.9 Å². The van der Waals surface area contributed by atoms with E-state index in [2.05, 4.69) is 42.7 Å². The smallest absolute Gasteiger partial charge is 0.254 e. The third-order valence-electron chi connectivity index (χ3n) is 14.7. The predicted molar refractivity (Wildman–Crippen MR) is 305 cm³/mol. The van der Waals surface area contributed by atoms with Gasteiger partial charge in [0.15, 0.2) is 5.82 Å². The van der Waals surface area contributed by atoms with Crippen molar-refractivity contribution in [3.8, 4) is 33.7 Å². The van der Waals surface area contributed by atoms with Crippen molar-refractivity contribution in [2.24, 2.45) is 0 Å². The Balaban J connectivity index is 0.633. The topological polar surface area (TPSA) is 206 Å². The molecule has 0 saturated carbocycles. The quantitative estimate of drug-likeness (QED) is 0.0533. The number of amides is 5. The highest BCUT2D eigenvalue weighted by atomic mass is 32.1. The van der Waals surface area contributed by atoms with Crippen LogP contribution in [0.3, 0.4) is 0 Å². The molecule has 3 aliphatic heterocycles. The number of anilines is 1. The second-order valence-electron chi connectivity index (χ2n) is 20.0. The van der Waals surface area contributed by atoms with E-state index in [0.29, 0.717) is 63.6 Å². The van der Waals surface area contributed by atoms with Gasteiger partial charge in [0, 0.05) is 86.6 Å². The minimum atomic E-state index is -0.900. The van der Waals surface area contributed by atoms with Crippen LogP contribution in [-0.4, -0.2) is 146 Å². The highest BCUT2D eigenvalue weighted by molar-refractivity contribution is 7.13. The molecule has 2 saturated heterocycles. The third kappa shape index (κ3) is 12.9. The number of carbonyl (C=O) groups is 5. The van der Waals surface area contributed by atoms with Gasteiger partial charge in [-0.15, -0.1) is 11.3 Å². The first-order chi connectivity index (χ1) is 38.3. The van der Waals surface area contributed by atoms with Crippen LogP contribution >= 0.6 is 11.3 Å². The van der Waals surface area contributed by atoms with Crippen molar-refractivity contribution in [3.05, 3.63) is 160 Å². The first-order valence-electron chi connectivity index (χ1n) is 26.5. The van der Waals surface area contributed by atoms with E-state index in [9.17, 15) is 29.1 Å². The van der Waals surface area contributed by atoms with Gasteiger partial charge in [0.25, 0.3) is 5.91 Å². The molecule has 79 heavy (non-hydrogen) atoms. The van der Waals surface area contributed by atoms with Crippen LogP contribution in [-0.2, 0) is 32.1 Å². The van der Waals surface area contributed by atoms with E-state index in [1.807, 2.05) is 147 Å². The number of carbonyl (C=O) groups excluding carboxylic acids is 5. The normalized spacial score (nSPS) is 16.7. The summed E-state index contributed by atoms with van der Waals surface area (Å²) in [6.07, 6.45) is 5.26. The zero-order chi connectivity index (χ0) is 55.0. The van der Waals surface area contributed by atoms with Crippen LogP contribution in [0.25, 0.3) is 44.9 Å². The molecule has 2 fully saturated rings. The SMILES string of the molecule is CNc1nc(-c2cnc3ccccc3c2)nc2c1CCN(C(=O)c1ccc(/C=C/c3ccc(C#CCN4CCN(C(=O)CC(=O)NCC(=O)N5C[C@H](O)C[C@H]5C(=O)N[C@@H](C)c5ccc(-c6scnc6C)cc5)CC4)cc3)cc1)C2. The highest BCUT2D eigenvalue weighted by Gasteiger charge is 2.39. The van der Waals surface area contributed by atoms with Gasteiger partial charge in [-0.1, -0.05) is 90.7 Å². The Morgan fingerprint density at radius 2 is 1.57 bits per heavy atom. The summed E-state index contributed by atoms with van der Waals surface area (Å²) in [7, 11) is 1.85. The summed E-state index contributed by atoms with van der Waals surface area (Å²) in [5, 5.41) is 20.2. The zero-order valence-corrected chi connectivity index (χ0v) is 45.1. The lowest BCUT2D eigenvalue weighted by atomic mass is 10.0. The maximum absolute atomic E-state index is 13.8. The number of aliphatic hydroxyl groups is 1. The average Bonchev–Trinajstić information content (AvgIpc) is 4.12. The Hall–Kier alpha value is -8.63. The molecular formula is C61H61N11O6S. The average molecular weight is 1080 g/mol. The molecule has 0 aliphatic carbocycles. The number of nitrogens with zero attached hydrogens (tertiary/aromatic N) is 8. The molecule has 4 aromatic carbocycles. The van der Waals surface area contributed by atoms with Crippen molar-refractivity contribution in [2.45, 2.75) is 57.8 Å². The largest absolute Gasteiger partial charge is 0.391 e. The van der Waals surface area contributed by atoms with Crippen molar-refractivity contribution < 1.29 is 29.1 Å². The predicted octanol–water partition coefficient (Wildman–Crippen LogP) is 6.38. The van der Waals surface area contributed by atoms with Gasteiger partial charge in [-0.3, -0.25) is 33.9 Å². The molecule has 402 valence electrons. The second kappa shape index (κ2) is 24.4. The number of nitrogens with one attached hydrogen (secondary N) is 3. The molecule has 7 aromatic rings. The summed E-state index contributed by atoms with van der Waals surface area (Å²) in [6, 6.07) is 32.2. The van der Waals surface area contributed by atoms with Crippen LogP contribution < -0.4 is 16.0 Å². The number of aryl methyl sites for hydroxylation is 1. The number of rotatable bonds is 14. The number of benzene rings is 4. The summed E-state index contributed by atoms with van der Waals surface area (Å²) in [5.41, 5.74) is 11.7. The lowest BCUT2D eigenvalue weighted by Gasteiger charge is -2.33. The molecule has 0 unspecified atom stereocenters. The van der Waals surface area contributed by atoms with Crippen molar-refractivity contribution >= 4 is 69.7 Å². The number of fused-ring (bicyclic) bond motifs is 2. The van der Waals surface area contributed by atoms with Crippen LogP contribution in [0.15, 0.2) is 115 Å². The van der Waals surface area contributed by atoms with Crippen LogP contribution in [0, 0.1) is 18.8 Å². The lowest BCUT2D eigenvalue weighted by molar-refractivity contribution is -0.140. The van der Waals surface area contributed by atoms with Crippen LogP contribution in [0.4, 0.5) is 5.82 Å². The number of thiazole rings is 1. The number of β-amino-alcohol motifs (C(OH)–C–C–N with tert-alkyl or cyclic N) is 1.